The van der Waals surface area contributed by atoms with Crippen molar-refractivity contribution in [2.45, 2.75) is 0 Å². The van der Waals surface area contributed by atoms with Gasteiger partial charge in [-0.2, -0.15) is 0 Å². The molecule has 0 bridgehead atoms. The number of ether oxygens (including phenoxy) is 2. The third-order valence-electron chi connectivity index (χ3n) is 1.91. The Morgan fingerprint density at radius 1 is 1.12 bits per heavy atom. The van der Waals surface area contributed by atoms with E-state index in [1.807, 2.05) is 24.3 Å². The van der Waals surface area contributed by atoms with Crippen molar-refractivity contribution in [2.75, 3.05) is 7.11 Å². The molecule has 0 saturated heterocycles. The summed E-state index contributed by atoms with van der Waals surface area (Å²) >= 11 is 0. The number of hydrogen-bond acceptors (Lipinski definition) is 4. The maximum atomic E-state index is 9.92. The maximum Gasteiger partial charge on any atom is 0.338 e. The molecule has 17 heavy (non-hydrogen) atoms. The van der Waals surface area contributed by atoms with Crippen LogP contribution in [0.5, 0.6) is 5.75 Å². The van der Waals surface area contributed by atoms with Crippen molar-refractivity contribution in [2.24, 2.45) is 0 Å². The summed E-state index contributed by atoms with van der Waals surface area (Å²) in [5.74, 6) is -0.277. The van der Waals surface area contributed by atoms with Gasteiger partial charge in [-0.15, -0.1) is 0 Å². The molecule has 1 aliphatic rings. The second-order valence-corrected chi connectivity index (χ2v) is 3.05. The van der Waals surface area contributed by atoms with Crippen LogP contribution in [0, 0.1) is 0 Å². The van der Waals surface area contributed by atoms with Crippen LogP contribution in [0.2, 0.25) is 0 Å². The summed E-state index contributed by atoms with van der Waals surface area (Å²) in [6.45, 7) is 3.65. The van der Waals surface area contributed by atoms with Crippen molar-refractivity contribution in [3.8, 4) is 5.75 Å². The first-order valence-corrected chi connectivity index (χ1v) is 4.86. The van der Waals surface area contributed by atoms with Crippen molar-refractivity contribution >= 4 is 18.0 Å². The van der Waals surface area contributed by atoms with Gasteiger partial charge < -0.3 is 9.47 Å². The summed E-state index contributed by atoms with van der Waals surface area (Å²) in [4.78, 5) is 19.8. The minimum atomic E-state index is -0.579. The number of rotatable bonds is 2. The molecule has 4 nitrogen and oxygen atoms in total. The Kier molecular flexibility index (Phi) is 4.69. The van der Waals surface area contributed by atoms with Crippen LogP contribution in [0.1, 0.15) is 5.56 Å². The number of carbonyl (C=O) groups is 2. The summed E-state index contributed by atoms with van der Waals surface area (Å²) in [5, 5.41) is 0. The molecule has 1 heterocycles. The molecule has 1 aromatic rings. The fourth-order valence-electron chi connectivity index (χ4n) is 1.04. The molecule has 0 aliphatic carbocycles. The average molecular weight is 232 g/mol. The van der Waals surface area contributed by atoms with Crippen LogP contribution in [-0.4, -0.2) is 19.0 Å². The van der Waals surface area contributed by atoms with Crippen LogP contribution >= 0.6 is 0 Å². The lowest BCUT2D eigenvalue weighted by Crippen LogP contribution is -1.96. The number of carbonyl (C=O) groups excluding carboxylic acids is 2. The topological polar surface area (TPSA) is 52.6 Å². The highest BCUT2D eigenvalue weighted by Gasteiger charge is 2.10. The van der Waals surface area contributed by atoms with Crippen molar-refractivity contribution in [1.29, 1.82) is 0 Å². The molecule has 0 fully saturated rings. The lowest BCUT2D eigenvalue weighted by Gasteiger charge is -1.97. The predicted octanol–water partition coefficient (Wildman–Crippen LogP) is 1.96. The Morgan fingerprint density at radius 3 is 1.94 bits per heavy atom. The predicted molar refractivity (Wildman–Crippen MR) is 63.3 cm³/mol. The van der Waals surface area contributed by atoms with E-state index in [2.05, 4.69) is 11.3 Å². The second-order valence-electron chi connectivity index (χ2n) is 3.05. The van der Waals surface area contributed by atoms with Gasteiger partial charge in [0.25, 0.3) is 0 Å². The summed E-state index contributed by atoms with van der Waals surface area (Å²) < 4.78 is 8.95. The third kappa shape index (κ3) is 4.34. The first-order chi connectivity index (χ1) is 8.15. The molecule has 0 N–H and O–H groups in total. The number of benzene rings is 1. The molecular weight excluding hydrogens is 220 g/mol. The van der Waals surface area contributed by atoms with E-state index >= 15 is 0 Å². The molecular formula is C13H12O4. The van der Waals surface area contributed by atoms with Crippen LogP contribution < -0.4 is 4.74 Å². The second kappa shape index (κ2) is 6.27. The third-order valence-corrected chi connectivity index (χ3v) is 1.91. The van der Waals surface area contributed by atoms with Crippen molar-refractivity contribution < 1.29 is 19.1 Å². The first kappa shape index (κ1) is 12.7. The molecule has 0 saturated carbocycles. The van der Waals surface area contributed by atoms with Gasteiger partial charge in [0.1, 0.15) is 5.75 Å². The van der Waals surface area contributed by atoms with E-state index in [4.69, 9.17) is 4.74 Å². The molecule has 0 aromatic heterocycles. The standard InChI is InChI=1S/C9H10O.C4H2O3/c1-3-8-4-6-9(10-2)7-5-8;5-3-1-2-4(6)7-3/h3-7H,1H2,2H3;1-2H. The quantitative estimate of drug-likeness (QED) is 0.577. The molecule has 1 aromatic carbocycles. The minimum absolute atomic E-state index is 0.579. The summed E-state index contributed by atoms with van der Waals surface area (Å²) in [6, 6.07) is 7.76. The zero-order valence-corrected chi connectivity index (χ0v) is 9.38. The smallest absolute Gasteiger partial charge is 0.338 e. The fraction of sp³-hybridized carbons (Fsp3) is 0.0769. The van der Waals surface area contributed by atoms with E-state index in [-0.39, 0.29) is 0 Å². The van der Waals surface area contributed by atoms with Crippen LogP contribution in [0.25, 0.3) is 6.08 Å². The van der Waals surface area contributed by atoms with E-state index < -0.39 is 11.9 Å². The lowest BCUT2D eigenvalue weighted by atomic mass is 10.2. The highest BCUT2D eigenvalue weighted by molar-refractivity contribution is 6.04. The first-order valence-electron chi connectivity index (χ1n) is 4.86. The van der Waals surface area contributed by atoms with Gasteiger partial charge in [0.15, 0.2) is 0 Å². The molecule has 0 amide bonds. The number of esters is 2. The van der Waals surface area contributed by atoms with Crippen LogP contribution in [0.4, 0.5) is 0 Å². The lowest BCUT2D eigenvalue weighted by molar-refractivity contribution is -0.150. The monoisotopic (exact) mass is 232 g/mol. The fourth-order valence-corrected chi connectivity index (χ4v) is 1.04. The van der Waals surface area contributed by atoms with Crippen molar-refractivity contribution in [3.05, 3.63) is 48.6 Å². The Labute approximate surface area is 99.2 Å². The van der Waals surface area contributed by atoms with Crippen molar-refractivity contribution in [1.82, 2.24) is 0 Å². The summed E-state index contributed by atoms with van der Waals surface area (Å²) in [7, 11) is 1.66. The Bertz CT molecular complexity index is 427. The van der Waals surface area contributed by atoms with Gasteiger partial charge >= 0.3 is 11.9 Å². The normalized spacial score (nSPS) is 12.5. The van der Waals surface area contributed by atoms with E-state index in [9.17, 15) is 9.59 Å². The van der Waals surface area contributed by atoms with Crippen molar-refractivity contribution in [3.63, 3.8) is 0 Å². The number of methoxy groups -OCH3 is 1. The zero-order chi connectivity index (χ0) is 12.7. The Hall–Kier alpha value is -2.36. The number of cyclic esters (lactones) is 2. The van der Waals surface area contributed by atoms with E-state index in [1.54, 1.807) is 13.2 Å². The number of hydrogen-bond donors (Lipinski definition) is 0. The van der Waals surface area contributed by atoms with Gasteiger partial charge in [-0.05, 0) is 17.7 Å². The average Bonchev–Trinajstić information content (AvgIpc) is 2.74. The highest BCUT2D eigenvalue weighted by Crippen LogP contribution is 2.11. The highest BCUT2D eigenvalue weighted by atomic mass is 16.6. The largest absolute Gasteiger partial charge is 0.497 e. The van der Waals surface area contributed by atoms with Gasteiger partial charge in [-0.25, -0.2) is 9.59 Å². The van der Waals surface area contributed by atoms with Gasteiger partial charge in [-0.1, -0.05) is 24.8 Å². The van der Waals surface area contributed by atoms with E-state index in [1.165, 1.54) is 0 Å². The SMILES string of the molecule is C=Cc1ccc(OC)cc1.O=C1C=CC(=O)O1. The van der Waals surface area contributed by atoms with Gasteiger partial charge in [-0.3, -0.25) is 0 Å². The zero-order valence-electron chi connectivity index (χ0n) is 9.38. The van der Waals surface area contributed by atoms with Gasteiger partial charge in [0, 0.05) is 12.2 Å². The van der Waals surface area contributed by atoms with E-state index in [0.717, 1.165) is 23.5 Å². The van der Waals surface area contributed by atoms with Gasteiger partial charge in [0.05, 0.1) is 7.11 Å². The van der Waals surface area contributed by atoms with E-state index in [0.29, 0.717) is 0 Å². The molecule has 1 aliphatic heterocycles. The minimum Gasteiger partial charge on any atom is -0.497 e. The Balaban J connectivity index is 0.000000181. The van der Waals surface area contributed by atoms with Gasteiger partial charge in [0.2, 0.25) is 0 Å². The molecule has 0 atom stereocenters. The van der Waals surface area contributed by atoms with Crippen LogP contribution in [0.3, 0.4) is 0 Å². The molecule has 2 rings (SSSR count). The molecule has 4 heteroatoms. The Morgan fingerprint density at radius 2 is 1.65 bits per heavy atom. The van der Waals surface area contributed by atoms with Crippen LogP contribution in [-0.2, 0) is 14.3 Å². The molecule has 0 radical (unpaired) electrons. The van der Waals surface area contributed by atoms with Crippen LogP contribution in [0.15, 0.2) is 43.0 Å². The summed E-state index contributed by atoms with van der Waals surface area (Å²) in [5.41, 5.74) is 1.11. The maximum absolute atomic E-state index is 9.92. The molecule has 0 unspecified atom stereocenters. The summed E-state index contributed by atoms with van der Waals surface area (Å²) in [6.07, 6.45) is 3.98. The molecule has 0 spiro atoms. The molecule has 88 valence electrons.